The summed E-state index contributed by atoms with van der Waals surface area (Å²) in [5.41, 5.74) is 0. The molecule has 0 aromatic carbocycles. The van der Waals surface area contributed by atoms with Crippen molar-refractivity contribution < 1.29 is 47.9 Å². The SMILES string of the molecule is C[N+]1(CC(=O)[O-])C(=O)C1=O.C[N+]1(CC(=O)[O-])C(=O)C1=O.[KH].[KH]. The van der Waals surface area contributed by atoms with E-state index in [1.165, 1.54) is 14.1 Å². The molecule has 112 valence electrons. The number of quaternary nitrogens is 2. The molecule has 2 aliphatic heterocycles. The van der Waals surface area contributed by atoms with Gasteiger partial charge >= 0.3 is 126 Å². The molecule has 2 aliphatic rings. The first-order valence-electron chi connectivity index (χ1n) is 5.26. The molecule has 0 bridgehead atoms. The predicted molar refractivity (Wildman–Crippen MR) is 66.4 cm³/mol. The fraction of sp³-hybridized carbons (Fsp3) is 0.400. The van der Waals surface area contributed by atoms with Crippen molar-refractivity contribution in [1.82, 2.24) is 0 Å². The van der Waals surface area contributed by atoms with E-state index in [2.05, 4.69) is 0 Å². The van der Waals surface area contributed by atoms with Crippen LogP contribution in [0.25, 0.3) is 0 Å². The van der Waals surface area contributed by atoms with Gasteiger partial charge in [0.25, 0.3) is 0 Å². The van der Waals surface area contributed by atoms with Gasteiger partial charge in [0, 0.05) is 0 Å². The van der Waals surface area contributed by atoms with Crippen molar-refractivity contribution in [3.8, 4) is 0 Å². The molecule has 0 aromatic rings. The van der Waals surface area contributed by atoms with Gasteiger partial charge in [-0.2, -0.15) is 8.97 Å². The molecule has 2 fully saturated rings. The Bertz CT molecular complexity index is 495. The number of carbonyl (C=O) groups excluding carboxylic acids is 6. The Morgan fingerprint density at radius 1 is 0.727 bits per heavy atom. The van der Waals surface area contributed by atoms with Gasteiger partial charge in [0.2, 0.25) is 0 Å². The van der Waals surface area contributed by atoms with Crippen molar-refractivity contribution in [3.63, 3.8) is 0 Å². The standard InChI is InChI=1S/2C5H5NO4.2K.2H/c2*1-6(2-3(7)8)4(9)5(6)10;;;;/h2*2H2,1H3;;;;. The van der Waals surface area contributed by atoms with Gasteiger partial charge in [-0.05, 0) is 0 Å². The zero-order valence-corrected chi connectivity index (χ0v) is 10.6. The number of aliphatic carboxylic acids is 2. The van der Waals surface area contributed by atoms with E-state index in [0.29, 0.717) is 0 Å². The van der Waals surface area contributed by atoms with Crippen LogP contribution in [0.15, 0.2) is 0 Å². The molecule has 22 heavy (non-hydrogen) atoms. The number of nitrogens with zero attached hydrogens (tertiary/aromatic N) is 2. The van der Waals surface area contributed by atoms with Crippen LogP contribution in [0.2, 0.25) is 0 Å². The maximum absolute atomic E-state index is 10.4. The van der Waals surface area contributed by atoms with E-state index >= 15 is 0 Å². The van der Waals surface area contributed by atoms with Gasteiger partial charge in [-0.25, -0.2) is 19.2 Å². The zero-order valence-electron chi connectivity index (χ0n) is 10.6. The van der Waals surface area contributed by atoms with E-state index in [1.54, 1.807) is 0 Å². The van der Waals surface area contributed by atoms with E-state index in [1.807, 2.05) is 0 Å². The number of hydrogen-bond acceptors (Lipinski definition) is 8. The molecule has 12 heteroatoms. The molecule has 0 unspecified atom stereocenters. The van der Waals surface area contributed by atoms with E-state index in [4.69, 9.17) is 0 Å². The number of carboxylic acids is 2. The third kappa shape index (κ3) is 5.42. The molecule has 0 radical (unpaired) electrons. The van der Waals surface area contributed by atoms with E-state index < -0.39 is 57.6 Å². The Labute approximate surface area is 209 Å². The third-order valence-electron chi connectivity index (χ3n) is 2.95. The van der Waals surface area contributed by atoms with Crippen LogP contribution >= 0.6 is 0 Å². The quantitative estimate of drug-likeness (QED) is 0.206. The number of imide groups is 2. The molecule has 0 aromatic heterocycles. The second kappa shape index (κ2) is 8.78. The number of likely N-dealkylation sites (N-methyl/N-ethyl adjacent to an activating group) is 2. The van der Waals surface area contributed by atoms with Gasteiger partial charge in [0.1, 0.15) is 13.1 Å². The van der Waals surface area contributed by atoms with Crippen LogP contribution in [-0.2, 0) is 28.8 Å². The van der Waals surface area contributed by atoms with Crippen molar-refractivity contribution in [2.24, 2.45) is 0 Å². The number of carbonyl (C=O) groups is 6. The Morgan fingerprint density at radius 2 is 0.909 bits per heavy atom. The molecule has 10 nitrogen and oxygen atoms in total. The summed E-state index contributed by atoms with van der Waals surface area (Å²) in [4.78, 5) is 61.5. The second-order valence-corrected chi connectivity index (χ2v) is 4.66. The molecule has 0 spiro atoms. The fourth-order valence-electron chi connectivity index (χ4n) is 1.41. The summed E-state index contributed by atoms with van der Waals surface area (Å²) < 4.78 is -1.27. The van der Waals surface area contributed by atoms with Crippen LogP contribution in [-0.4, -0.2) is 174 Å². The van der Waals surface area contributed by atoms with Crippen molar-refractivity contribution in [1.29, 1.82) is 0 Å². The first-order valence-corrected chi connectivity index (χ1v) is 5.26. The zero-order chi connectivity index (χ0) is 15.9. The molecule has 2 rings (SSSR count). The molecule has 0 saturated carbocycles. The van der Waals surface area contributed by atoms with E-state index in [-0.39, 0.29) is 103 Å². The number of amides is 4. The van der Waals surface area contributed by atoms with Crippen molar-refractivity contribution >= 4 is 138 Å². The van der Waals surface area contributed by atoms with Gasteiger partial charge in [0.05, 0.1) is 26.0 Å². The molecule has 0 N–H and O–H groups in total. The monoisotopic (exact) mass is 366 g/mol. The second-order valence-electron chi connectivity index (χ2n) is 4.66. The average Bonchev–Trinajstić information content (AvgIpc) is 2.95. The van der Waals surface area contributed by atoms with E-state index in [9.17, 15) is 39.0 Å². The Morgan fingerprint density at radius 3 is 0.955 bits per heavy atom. The van der Waals surface area contributed by atoms with Crippen LogP contribution in [0.3, 0.4) is 0 Å². The van der Waals surface area contributed by atoms with Gasteiger partial charge in [-0.15, -0.1) is 0 Å². The van der Waals surface area contributed by atoms with Crippen molar-refractivity contribution in [3.05, 3.63) is 0 Å². The van der Waals surface area contributed by atoms with Crippen LogP contribution in [0.4, 0.5) is 0 Å². The summed E-state index contributed by atoms with van der Waals surface area (Å²) in [5.74, 6) is -5.43. The fourth-order valence-corrected chi connectivity index (χ4v) is 1.41. The minimum absolute atomic E-state index is 0. The van der Waals surface area contributed by atoms with Gasteiger partial charge in [-0.3, -0.25) is 0 Å². The summed E-state index contributed by atoms with van der Waals surface area (Å²) in [6.45, 7) is -1.09. The number of rotatable bonds is 4. The van der Waals surface area contributed by atoms with Crippen LogP contribution in [0.1, 0.15) is 0 Å². The van der Waals surface area contributed by atoms with E-state index in [0.717, 1.165) is 0 Å². The molecular weight excluding hydrogens is 354 g/mol. The Hall–Kier alpha value is 0.813. The van der Waals surface area contributed by atoms with Gasteiger partial charge in [0.15, 0.2) is 0 Å². The Balaban J connectivity index is 0. The predicted octanol–water partition coefficient (Wildman–Crippen LogP) is -6.80. The molecule has 0 atom stereocenters. The molecular formula is C10H12K2N2O8. The van der Waals surface area contributed by atoms with Crippen molar-refractivity contribution in [2.45, 2.75) is 0 Å². The topological polar surface area (TPSA) is 149 Å². The Kier molecular flexibility index (Phi) is 10.00. The van der Waals surface area contributed by atoms with Crippen LogP contribution in [0, 0.1) is 0 Å². The number of hydrogen-bond donors (Lipinski definition) is 0. The molecule has 2 saturated heterocycles. The molecule has 2 heterocycles. The van der Waals surface area contributed by atoms with Gasteiger partial charge < -0.3 is 19.8 Å². The summed E-state index contributed by atoms with van der Waals surface area (Å²) >= 11 is 0. The number of carboxylic acid groups (broad SMARTS) is 2. The summed E-state index contributed by atoms with van der Waals surface area (Å²) in [7, 11) is 2.50. The first kappa shape index (κ1) is 25.1. The van der Waals surface area contributed by atoms with Crippen LogP contribution in [0.5, 0.6) is 0 Å². The average molecular weight is 366 g/mol. The summed E-state index contributed by atoms with van der Waals surface area (Å²) in [6.07, 6.45) is 0. The first-order chi connectivity index (χ1) is 8.96. The third-order valence-corrected chi connectivity index (χ3v) is 2.95. The van der Waals surface area contributed by atoms with Crippen LogP contribution < -0.4 is 10.2 Å². The summed E-state index contributed by atoms with van der Waals surface area (Å²) in [6, 6.07) is 0. The van der Waals surface area contributed by atoms with Gasteiger partial charge in [-0.1, -0.05) is 0 Å². The molecule has 4 amide bonds. The normalized spacial score (nSPS) is 19.0. The van der Waals surface area contributed by atoms with Crippen molar-refractivity contribution in [2.75, 3.05) is 27.2 Å². The molecule has 0 aliphatic carbocycles. The summed E-state index contributed by atoms with van der Waals surface area (Å²) in [5, 5.41) is 19.8. The maximum atomic E-state index is 10.4. The minimum atomic E-state index is -1.39.